The Bertz CT molecular complexity index is 756. The normalized spacial score (nSPS) is 21.3. The molecule has 2 aromatic carbocycles. The fraction of sp³-hybridized carbons (Fsp3) is 0.435. The molecule has 1 fully saturated rings. The summed E-state index contributed by atoms with van der Waals surface area (Å²) in [5.74, 6) is 0.146. The molecule has 0 bridgehead atoms. The van der Waals surface area contributed by atoms with E-state index in [4.69, 9.17) is 4.74 Å². The van der Waals surface area contributed by atoms with Gasteiger partial charge in [0.2, 0.25) is 5.91 Å². The van der Waals surface area contributed by atoms with Gasteiger partial charge in [0.05, 0.1) is 25.2 Å². The zero-order valence-electron chi connectivity index (χ0n) is 15.8. The summed E-state index contributed by atoms with van der Waals surface area (Å²) in [6.45, 7) is 3.96. The molecule has 1 aliphatic heterocycles. The maximum Gasteiger partial charge on any atom is 0.227 e. The first-order chi connectivity index (χ1) is 13.3. The van der Waals surface area contributed by atoms with Crippen molar-refractivity contribution in [2.24, 2.45) is 0 Å². The Hall–Kier alpha value is -2.17. The van der Waals surface area contributed by atoms with E-state index in [1.165, 1.54) is 16.7 Å². The highest BCUT2D eigenvalue weighted by Crippen LogP contribution is 2.31. The Morgan fingerprint density at radius 2 is 1.81 bits per heavy atom. The summed E-state index contributed by atoms with van der Waals surface area (Å²) < 4.78 is 5.52. The van der Waals surface area contributed by atoms with E-state index in [0.717, 1.165) is 45.6 Å². The van der Waals surface area contributed by atoms with Crippen LogP contribution in [-0.4, -0.2) is 43.7 Å². The Balaban J connectivity index is 1.47. The van der Waals surface area contributed by atoms with Gasteiger partial charge in [0.1, 0.15) is 0 Å². The fourth-order valence-electron chi connectivity index (χ4n) is 4.37. The third-order valence-electron chi connectivity index (χ3n) is 5.83. The molecule has 2 aliphatic rings. The number of hydrogen-bond acceptors (Lipinski definition) is 3. The van der Waals surface area contributed by atoms with Crippen LogP contribution in [0.5, 0.6) is 0 Å². The van der Waals surface area contributed by atoms with Crippen LogP contribution in [0.2, 0.25) is 0 Å². The van der Waals surface area contributed by atoms with Gasteiger partial charge in [0, 0.05) is 19.6 Å². The van der Waals surface area contributed by atoms with Gasteiger partial charge in [-0.15, -0.1) is 0 Å². The Labute approximate surface area is 161 Å². The van der Waals surface area contributed by atoms with Crippen molar-refractivity contribution in [1.82, 2.24) is 10.2 Å². The molecule has 2 aromatic rings. The summed E-state index contributed by atoms with van der Waals surface area (Å²) in [4.78, 5) is 15.4. The van der Waals surface area contributed by atoms with E-state index >= 15 is 0 Å². The van der Waals surface area contributed by atoms with E-state index in [2.05, 4.69) is 52.7 Å². The van der Waals surface area contributed by atoms with Gasteiger partial charge in [-0.1, -0.05) is 54.6 Å². The number of nitrogens with one attached hydrogen (secondary N) is 1. The molecule has 27 heavy (non-hydrogen) atoms. The van der Waals surface area contributed by atoms with Gasteiger partial charge < -0.3 is 10.1 Å². The lowest BCUT2D eigenvalue weighted by molar-refractivity contribution is -0.123. The van der Waals surface area contributed by atoms with Crippen LogP contribution in [-0.2, 0) is 16.0 Å². The molecule has 1 aliphatic carbocycles. The van der Waals surface area contributed by atoms with Crippen LogP contribution in [0.1, 0.15) is 41.5 Å². The summed E-state index contributed by atoms with van der Waals surface area (Å²) in [5, 5.41) is 3.27. The molecule has 0 saturated carbocycles. The molecule has 4 rings (SSSR count). The maximum absolute atomic E-state index is 13.0. The van der Waals surface area contributed by atoms with Gasteiger partial charge in [0.25, 0.3) is 0 Å². The number of carbonyl (C=O) groups excluding carboxylic acids is 1. The molecular formula is C23H28N2O2. The lowest BCUT2D eigenvalue weighted by Gasteiger charge is -2.35. The summed E-state index contributed by atoms with van der Waals surface area (Å²) in [6.07, 6.45) is 3.11. The third-order valence-corrected chi connectivity index (χ3v) is 5.83. The van der Waals surface area contributed by atoms with E-state index in [1.54, 1.807) is 0 Å². The minimum Gasteiger partial charge on any atom is -0.379 e. The highest BCUT2D eigenvalue weighted by molar-refractivity contribution is 5.84. The van der Waals surface area contributed by atoms with Crippen molar-refractivity contribution >= 4 is 5.91 Å². The number of ether oxygens (including phenoxy) is 1. The number of carbonyl (C=O) groups is 1. The van der Waals surface area contributed by atoms with Crippen LogP contribution in [0.25, 0.3) is 0 Å². The number of fused-ring (bicyclic) bond motifs is 1. The second-order valence-electron chi connectivity index (χ2n) is 7.46. The van der Waals surface area contributed by atoms with E-state index in [0.29, 0.717) is 6.54 Å². The summed E-state index contributed by atoms with van der Waals surface area (Å²) in [7, 11) is 0. The van der Waals surface area contributed by atoms with Crippen LogP contribution in [0.4, 0.5) is 0 Å². The standard InChI is InChI=1S/C23H28N2O2/c26-23(21-12-6-10-18-7-4-5-11-20(18)21)24-17-22(19-8-2-1-3-9-19)25-13-15-27-16-14-25/h1-5,7-9,11,21-22H,6,10,12-17H2,(H,24,26). The summed E-state index contributed by atoms with van der Waals surface area (Å²) in [6, 6.07) is 19.1. The molecule has 1 heterocycles. The van der Waals surface area contributed by atoms with Crippen molar-refractivity contribution in [1.29, 1.82) is 0 Å². The SMILES string of the molecule is O=C(NCC(c1ccccc1)N1CCOCC1)C1CCCc2ccccc21. The molecule has 2 unspecified atom stereocenters. The average Bonchev–Trinajstić information content (AvgIpc) is 2.75. The number of nitrogens with zero attached hydrogens (tertiary/aromatic N) is 1. The number of amides is 1. The molecule has 1 amide bonds. The van der Waals surface area contributed by atoms with E-state index < -0.39 is 0 Å². The molecule has 1 saturated heterocycles. The predicted octanol–water partition coefficient (Wildman–Crippen LogP) is 3.30. The summed E-state index contributed by atoms with van der Waals surface area (Å²) >= 11 is 0. The first-order valence-corrected chi connectivity index (χ1v) is 10.0. The van der Waals surface area contributed by atoms with Gasteiger partial charge in [0.15, 0.2) is 0 Å². The smallest absolute Gasteiger partial charge is 0.227 e. The molecule has 142 valence electrons. The lowest BCUT2D eigenvalue weighted by Crippen LogP contribution is -2.44. The van der Waals surface area contributed by atoms with Crippen molar-refractivity contribution in [2.75, 3.05) is 32.8 Å². The molecule has 1 N–H and O–H groups in total. The Kier molecular flexibility index (Phi) is 5.85. The van der Waals surface area contributed by atoms with Crippen molar-refractivity contribution in [2.45, 2.75) is 31.2 Å². The number of hydrogen-bond donors (Lipinski definition) is 1. The van der Waals surface area contributed by atoms with Crippen molar-refractivity contribution in [3.63, 3.8) is 0 Å². The second-order valence-corrected chi connectivity index (χ2v) is 7.46. The Morgan fingerprint density at radius 1 is 1.07 bits per heavy atom. The van der Waals surface area contributed by atoms with Gasteiger partial charge >= 0.3 is 0 Å². The largest absolute Gasteiger partial charge is 0.379 e. The molecule has 0 radical (unpaired) electrons. The highest BCUT2D eigenvalue weighted by atomic mass is 16.5. The van der Waals surface area contributed by atoms with Crippen LogP contribution >= 0.6 is 0 Å². The van der Waals surface area contributed by atoms with Crippen molar-refractivity contribution < 1.29 is 9.53 Å². The van der Waals surface area contributed by atoms with Crippen molar-refractivity contribution in [3.8, 4) is 0 Å². The molecular weight excluding hydrogens is 336 g/mol. The van der Waals surface area contributed by atoms with Crippen LogP contribution in [0.15, 0.2) is 54.6 Å². The number of rotatable bonds is 5. The van der Waals surface area contributed by atoms with Crippen LogP contribution in [0, 0.1) is 0 Å². The zero-order valence-corrected chi connectivity index (χ0v) is 15.8. The van der Waals surface area contributed by atoms with Crippen LogP contribution < -0.4 is 5.32 Å². The van der Waals surface area contributed by atoms with Crippen LogP contribution in [0.3, 0.4) is 0 Å². The Morgan fingerprint density at radius 3 is 2.63 bits per heavy atom. The fourth-order valence-corrected chi connectivity index (χ4v) is 4.37. The highest BCUT2D eigenvalue weighted by Gasteiger charge is 2.28. The predicted molar refractivity (Wildman–Crippen MR) is 107 cm³/mol. The second kappa shape index (κ2) is 8.68. The topological polar surface area (TPSA) is 41.6 Å². The van der Waals surface area contributed by atoms with E-state index in [9.17, 15) is 4.79 Å². The van der Waals surface area contributed by atoms with Gasteiger partial charge in [-0.2, -0.15) is 0 Å². The minimum atomic E-state index is -0.0175. The van der Waals surface area contributed by atoms with E-state index in [1.807, 2.05) is 12.1 Å². The molecule has 4 heteroatoms. The first-order valence-electron chi connectivity index (χ1n) is 10.0. The molecule has 2 atom stereocenters. The quantitative estimate of drug-likeness (QED) is 0.885. The maximum atomic E-state index is 13.0. The van der Waals surface area contributed by atoms with Crippen molar-refractivity contribution in [3.05, 3.63) is 71.3 Å². The first kappa shape index (κ1) is 18.2. The van der Waals surface area contributed by atoms with E-state index in [-0.39, 0.29) is 17.9 Å². The lowest BCUT2D eigenvalue weighted by atomic mass is 9.82. The summed E-state index contributed by atoms with van der Waals surface area (Å²) in [5.41, 5.74) is 3.80. The minimum absolute atomic E-state index is 0.0175. The molecule has 0 spiro atoms. The number of morpholine rings is 1. The van der Waals surface area contributed by atoms with Gasteiger partial charge in [-0.25, -0.2) is 0 Å². The van der Waals surface area contributed by atoms with Gasteiger partial charge in [-0.3, -0.25) is 9.69 Å². The molecule has 0 aromatic heterocycles. The number of benzene rings is 2. The number of aryl methyl sites for hydroxylation is 1. The van der Waals surface area contributed by atoms with Gasteiger partial charge in [-0.05, 0) is 36.0 Å². The molecule has 4 nitrogen and oxygen atoms in total. The average molecular weight is 364 g/mol. The third kappa shape index (κ3) is 4.23. The zero-order chi connectivity index (χ0) is 18.5. The monoisotopic (exact) mass is 364 g/mol.